The van der Waals surface area contributed by atoms with Crippen molar-refractivity contribution >= 4 is 5.91 Å². The lowest BCUT2D eigenvalue weighted by Gasteiger charge is -2.58. The summed E-state index contributed by atoms with van der Waals surface area (Å²) in [7, 11) is 3.98. The van der Waals surface area contributed by atoms with Crippen LogP contribution < -0.4 is 0 Å². The Kier molecular flexibility index (Phi) is 4.74. The Morgan fingerprint density at radius 3 is 2.65 bits per heavy atom. The van der Waals surface area contributed by atoms with Crippen molar-refractivity contribution in [3.8, 4) is 0 Å². The minimum atomic E-state index is 0.185. The standard InChI is InChI=1S/C19H28N2O2/c1-15-4-6-16(7-5-15)10-18(22)21-13-19(14-21)11-17(12-23-3)8-9-20(19)2/h4-7,17H,8-14H2,1-3H3/t17-/m0/s1. The molecule has 0 radical (unpaired) electrons. The van der Waals surface area contributed by atoms with Crippen molar-refractivity contribution in [2.24, 2.45) is 5.92 Å². The molecule has 1 amide bonds. The smallest absolute Gasteiger partial charge is 0.227 e. The second-order valence-electron chi connectivity index (χ2n) is 7.37. The van der Waals surface area contributed by atoms with Crippen molar-refractivity contribution in [1.29, 1.82) is 0 Å². The number of carbonyl (C=O) groups is 1. The number of amides is 1. The van der Waals surface area contributed by atoms with E-state index in [-0.39, 0.29) is 11.4 Å². The summed E-state index contributed by atoms with van der Waals surface area (Å²) < 4.78 is 5.34. The fourth-order valence-corrected chi connectivity index (χ4v) is 3.99. The third-order valence-corrected chi connectivity index (χ3v) is 5.55. The third-order valence-electron chi connectivity index (χ3n) is 5.55. The minimum Gasteiger partial charge on any atom is -0.384 e. The Hall–Kier alpha value is -1.39. The molecule has 1 aromatic rings. The number of hydrogen-bond acceptors (Lipinski definition) is 3. The lowest BCUT2D eigenvalue weighted by Crippen LogP contribution is -2.72. The molecule has 0 aromatic heterocycles. The van der Waals surface area contributed by atoms with Gasteiger partial charge in [0.1, 0.15) is 0 Å². The van der Waals surface area contributed by atoms with Crippen LogP contribution in [0.4, 0.5) is 0 Å². The molecule has 2 fully saturated rings. The lowest BCUT2D eigenvalue weighted by atomic mass is 9.75. The van der Waals surface area contributed by atoms with Crippen molar-refractivity contribution in [3.05, 3.63) is 35.4 Å². The minimum absolute atomic E-state index is 0.185. The highest BCUT2D eigenvalue weighted by Gasteiger charge is 2.50. The van der Waals surface area contributed by atoms with Gasteiger partial charge in [-0.2, -0.15) is 0 Å². The van der Waals surface area contributed by atoms with Crippen LogP contribution in [0.2, 0.25) is 0 Å². The molecule has 23 heavy (non-hydrogen) atoms. The zero-order chi connectivity index (χ0) is 16.4. The molecule has 0 N–H and O–H groups in total. The van der Waals surface area contributed by atoms with Crippen molar-refractivity contribution in [1.82, 2.24) is 9.80 Å². The lowest BCUT2D eigenvalue weighted by molar-refractivity contribution is -0.150. The third kappa shape index (κ3) is 3.43. The first kappa shape index (κ1) is 16.5. The van der Waals surface area contributed by atoms with Gasteiger partial charge in [-0.05, 0) is 44.8 Å². The van der Waals surface area contributed by atoms with Gasteiger partial charge in [-0.1, -0.05) is 29.8 Å². The summed E-state index contributed by atoms with van der Waals surface area (Å²) in [5, 5.41) is 0. The fourth-order valence-electron chi connectivity index (χ4n) is 3.99. The molecule has 0 saturated carbocycles. The summed E-state index contributed by atoms with van der Waals surface area (Å²) in [4.78, 5) is 17.0. The summed E-state index contributed by atoms with van der Waals surface area (Å²) in [5.41, 5.74) is 2.53. The maximum Gasteiger partial charge on any atom is 0.227 e. The van der Waals surface area contributed by atoms with Crippen LogP contribution in [0, 0.1) is 12.8 Å². The molecule has 0 bridgehead atoms. The van der Waals surface area contributed by atoms with Crippen LogP contribution in [0.3, 0.4) is 0 Å². The van der Waals surface area contributed by atoms with E-state index in [1.807, 2.05) is 4.90 Å². The molecule has 2 heterocycles. The number of methoxy groups -OCH3 is 1. The normalized spacial score (nSPS) is 23.8. The van der Waals surface area contributed by atoms with Gasteiger partial charge in [-0.15, -0.1) is 0 Å². The van der Waals surface area contributed by atoms with Crippen molar-refractivity contribution in [2.75, 3.05) is 40.4 Å². The molecule has 1 spiro atoms. The van der Waals surface area contributed by atoms with Gasteiger partial charge in [0.25, 0.3) is 0 Å². The molecule has 126 valence electrons. The first-order valence-corrected chi connectivity index (χ1v) is 8.56. The van der Waals surface area contributed by atoms with E-state index in [0.29, 0.717) is 12.3 Å². The van der Waals surface area contributed by atoms with Gasteiger partial charge in [0, 0.05) is 26.8 Å². The van der Waals surface area contributed by atoms with Crippen LogP contribution in [0.5, 0.6) is 0 Å². The van der Waals surface area contributed by atoms with Crippen LogP contribution in [0.1, 0.15) is 24.0 Å². The van der Waals surface area contributed by atoms with E-state index in [4.69, 9.17) is 4.74 Å². The number of rotatable bonds is 4. The molecule has 2 aliphatic heterocycles. The van der Waals surface area contributed by atoms with Gasteiger partial charge in [-0.3, -0.25) is 9.69 Å². The van der Waals surface area contributed by atoms with E-state index < -0.39 is 0 Å². The zero-order valence-corrected chi connectivity index (χ0v) is 14.5. The van der Waals surface area contributed by atoms with Crippen LogP contribution >= 0.6 is 0 Å². The predicted octanol–water partition coefficient (Wildman–Crippen LogP) is 2.11. The Morgan fingerprint density at radius 2 is 2.00 bits per heavy atom. The highest BCUT2D eigenvalue weighted by molar-refractivity contribution is 5.80. The van der Waals surface area contributed by atoms with E-state index in [1.165, 1.54) is 12.0 Å². The van der Waals surface area contributed by atoms with E-state index in [0.717, 1.165) is 38.2 Å². The quantitative estimate of drug-likeness (QED) is 0.853. The van der Waals surface area contributed by atoms with Crippen LogP contribution in [-0.2, 0) is 16.0 Å². The zero-order valence-electron chi connectivity index (χ0n) is 14.5. The van der Waals surface area contributed by atoms with Crippen molar-refractivity contribution < 1.29 is 9.53 Å². The summed E-state index contributed by atoms with van der Waals surface area (Å²) in [6.45, 7) is 5.75. The summed E-state index contributed by atoms with van der Waals surface area (Å²) in [6.07, 6.45) is 2.86. The van der Waals surface area contributed by atoms with Crippen LogP contribution in [-0.4, -0.2) is 61.6 Å². The van der Waals surface area contributed by atoms with Crippen LogP contribution in [0.15, 0.2) is 24.3 Å². The number of likely N-dealkylation sites (N-methyl/N-ethyl adjacent to an activating group) is 1. The van der Waals surface area contributed by atoms with E-state index >= 15 is 0 Å². The Balaban J connectivity index is 1.56. The summed E-state index contributed by atoms with van der Waals surface area (Å²) >= 11 is 0. The number of benzene rings is 1. The maximum absolute atomic E-state index is 12.5. The summed E-state index contributed by atoms with van der Waals surface area (Å²) in [6, 6.07) is 8.27. The molecule has 1 atom stereocenters. The second-order valence-corrected chi connectivity index (χ2v) is 7.37. The highest BCUT2D eigenvalue weighted by Crippen LogP contribution is 2.38. The number of piperidine rings is 1. The number of nitrogens with zero attached hydrogens (tertiary/aromatic N) is 2. The number of likely N-dealkylation sites (tertiary alicyclic amines) is 2. The number of carbonyl (C=O) groups excluding carboxylic acids is 1. The summed E-state index contributed by atoms with van der Waals surface area (Å²) in [5.74, 6) is 0.882. The fraction of sp³-hybridized carbons (Fsp3) is 0.632. The van der Waals surface area contributed by atoms with E-state index in [1.54, 1.807) is 7.11 Å². The molecule has 2 saturated heterocycles. The van der Waals surface area contributed by atoms with Crippen molar-refractivity contribution in [2.45, 2.75) is 31.7 Å². The molecule has 0 aliphatic carbocycles. The predicted molar refractivity (Wildman–Crippen MR) is 91.4 cm³/mol. The molecule has 1 aromatic carbocycles. The highest BCUT2D eigenvalue weighted by atomic mass is 16.5. The maximum atomic E-state index is 12.5. The van der Waals surface area contributed by atoms with Gasteiger partial charge >= 0.3 is 0 Å². The first-order chi connectivity index (χ1) is 11.0. The van der Waals surface area contributed by atoms with Crippen LogP contribution in [0.25, 0.3) is 0 Å². The molecular weight excluding hydrogens is 288 g/mol. The second kappa shape index (κ2) is 6.62. The SMILES string of the molecule is COC[C@H]1CCN(C)C2(C1)CN(C(=O)Cc1ccc(C)cc1)C2. The van der Waals surface area contributed by atoms with Gasteiger partial charge in [-0.25, -0.2) is 0 Å². The van der Waals surface area contributed by atoms with E-state index in [2.05, 4.69) is 43.1 Å². The molecule has 4 nitrogen and oxygen atoms in total. The average molecular weight is 316 g/mol. The molecule has 3 rings (SSSR count). The van der Waals surface area contributed by atoms with E-state index in [9.17, 15) is 4.79 Å². The largest absolute Gasteiger partial charge is 0.384 e. The number of hydrogen-bond donors (Lipinski definition) is 0. The molecular formula is C19H28N2O2. The van der Waals surface area contributed by atoms with Gasteiger partial charge in [0.2, 0.25) is 5.91 Å². The Labute approximate surface area is 139 Å². The number of ether oxygens (including phenoxy) is 1. The Morgan fingerprint density at radius 1 is 1.30 bits per heavy atom. The van der Waals surface area contributed by atoms with Crippen molar-refractivity contribution in [3.63, 3.8) is 0 Å². The topological polar surface area (TPSA) is 32.8 Å². The molecule has 2 aliphatic rings. The average Bonchev–Trinajstić information content (AvgIpc) is 2.49. The number of aryl methyl sites for hydroxylation is 1. The first-order valence-electron chi connectivity index (χ1n) is 8.56. The molecule has 4 heteroatoms. The van der Waals surface area contributed by atoms with Gasteiger partial charge in [0.05, 0.1) is 12.0 Å². The molecule has 0 unspecified atom stereocenters. The Bertz CT molecular complexity index is 549. The van der Waals surface area contributed by atoms with Gasteiger partial charge < -0.3 is 9.64 Å². The monoisotopic (exact) mass is 316 g/mol. The van der Waals surface area contributed by atoms with Gasteiger partial charge in [0.15, 0.2) is 0 Å².